The Morgan fingerprint density at radius 1 is 1.19 bits per heavy atom. The molecule has 5 heteroatoms. The van der Waals surface area contributed by atoms with E-state index in [2.05, 4.69) is 15.2 Å². The van der Waals surface area contributed by atoms with Crippen LogP contribution in [0.4, 0.5) is 11.5 Å². The molecule has 0 bridgehead atoms. The van der Waals surface area contributed by atoms with Crippen molar-refractivity contribution >= 4 is 23.1 Å². The second-order valence-corrected chi connectivity index (χ2v) is 5.61. The van der Waals surface area contributed by atoms with Gasteiger partial charge in [0.1, 0.15) is 11.6 Å². The Bertz CT molecular complexity index is 609. The van der Waals surface area contributed by atoms with Crippen LogP contribution in [0.2, 0.25) is 5.02 Å². The fraction of sp³-hybridized carbons (Fsp3) is 0.312. The molecule has 1 aromatic heterocycles. The first kappa shape index (κ1) is 14.0. The monoisotopic (exact) mass is 303 g/mol. The van der Waals surface area contributed by atoms with Crippen LogP contribution in [0.15, 0.2) is 36.5 Å². The number of anilines is 2. The van der Waals surface area contributed by atoms with Gasteiger partial charge in [-0.2, -0.15) is 0 Å². The highest BCUT2D eigenvalue weighted by molar-refractivity contribution is 6.32. The maximum absolute atomic E-state index is 9.87. The van der Waals surface area contributed by atoms with E-state index in [4.69, 9.17) is 11.6 Å². The zero-order chi connectivity index (χ0) is 14.7. The summed E-state index contributed by atoms with van der Waals surface area (Å²) in [6.45, 7) is 2.70. The molecule has 0 spiro atoms. The van der Waals surface area contributed by atoms with Crippen LogP contribution in [0, 0.1) is 0 Å². The summed E-state index contributed by atoms with van der Waals surface area (Å²) in [7, 11) is 0. The van der Waals surface area contributed by atoms with E-state index < -0.39 is 0 Å². The van der Waals surface area contributed by atoms with Gasteiger partial charge in [0.05, 0.1) is 16.9 Å². The number of para-hydroxylation sites is 1. The fourth-order valence-corrected chi connectivity index (χ4v) is 2.72. The topological polar surface area (TPSA) is 48.4 Å². The smallest absolute Gasteiger partial charge is 0.139 e. The summed E-state index contributed by atoms with van der Waals surface area (Å²) in [4.78, 5) is 6.79. The van der Waals surface area contributed by atoms with Crippen LogP contribution in [-0.4, -0.2) is 23.2 Å². The number of pyridine rings is 1. The number of aromatic hydroxyl groups is 1. The maximum atomic E-state index is 9.87. The van der Waals surface area contributed by atoms with Crippen molar-refractivity contribution in [1.29, 1.82) is 0 Å². The van der Waals surface area contributed by atoms with Gasteiger partial charge in [-0.05, 0) is 31.0 Å². The van der Waals surface area contributed by atoms with E-state index in [1.807, 2.05) is 30.5 Å². The summed E-state index contributed by atoms with van der Waals surface area (Å²) < 4.78 is 0. The molecule has 1 saturated heterocycles. The van der Waals surface area contributed by atoms with Gasteiger partial charge in [0.25, 0.3) is 0 Å². The molecule has 0 aliphatic carbocycles. The van der Waals surface area contributed by atoms with Gasteiger partial charge in [0.2, 0.25) is 0 Å². The minimum absolute atomic E-state index is 0.133. The van der Waals surface area contributed by atoms with Crippen molar-refractivity contribution in [3.8, 4) is 5.75 Å². The molecule has 2 heterocycles. The molecule has 1 fully saturated rings. The number of halogens is 1. The van der Waals surface area contributed by atoms with Crippen molar-refractivity contribution in [2.75, 3.05) is 23.3 Å². The van der Waals surface area contributed by atoms with Crippen LogP contribution in [0.25, 0.3) is 0 Å². The Morgan fingerprint density at radius 3 is 2.71 bits per heavy atom. The average Bonchev–Trinajstić information content (AvgIpc) is 3.04. The van der Waals surface area contributed by atoms with Gasteiger partial charge in [0.15, 0.2) is 0 Å². The Kier molecular flexibility index (Phi) is 4.15. The minimum Gasteiger partial charge on any atom is -0.506 e. The summed E-state index contributed by atoms with van der Waals surface area (Å²) in [5, 5.41) is 13.5. The summed E-state index contributed by atoms with van der Waals surface area (Å²) in [6, 6.07) is 9.40. The first-order valence-electron chi connectivity index (χ1n) is 7.15. The van der Waals surface area contributed by atoms with Crippen molar-refractivity contribution in [1.82, 2.24) is 4.98 Å². The lowest BCUT2D eigenvalue weighted by Gasteiger charge is -2.16. The highest BCUT2D eigenvalue weighted by atomic mass is 35.5. The molecule has 2 aromatic rings. The molecular formula is C16H18ClN3O. The van der Waals surface area contributed by atoms with Gasteiger partial charge in [-0.3, -0.25) is 0 Å². The zero-order valence-corrected chi connectivity index (χ0v) is 12.5. The average molecular weight is 304 g/mol. The van der Waals surface area contributed by atoms with Gasteiger partial charge >= 0.3 is 0 Å². The molecule has 0 saturated carbocycles. The second-order valence-electron chi connectivity index (χ2n) is 5.20. The summed E-state index contributed by atoms with van der Waals surface area (Å²) in [6.07, 6.45) is 4.32. The van der Waals surface area contributed by atoms with Gasteiger partial charge in [0, 0.05) is 25.2 Å². The van der Waals surface area contributed by atoms with Crippen LogP contribution in [-0.2, 0) is 6.54 Å². The number of rotatable bonds is 4. The fourth-order valence-electron chi connectivity index (χ4n) is 2.52. The number of phenolic OH excluding ortho intramolecular Hbond substituents is 1. The predicted octanol–water partition coefficient (Wildman–Crippen LogP) is 3.65. The summed E-state index contributed by atoms with van der Waals surface area (Å²) >= 11 is 5.89. The molecule has 0 radical (unpaired) electrons. The van der Waals surface area contributed by atoms with Crippen LogP contribution in [0.5, 0.6) is 5.75 Å². The van der Waals surface area contributed by atoms with Gasteiger partial charge in [-0.25, -0.2) is 4.98 Å². The van der Waals surface area contributed by atoms with E-state index in [1.54, 1.807) is 6.07 Å². The van der Waals surface area contributed by atoms with Crippen LogP contribution in [0.1, 0.15) is 18.4 Å². The standard InChI is InChI=1S/C16H18ClN3O/c17-14-5-3-4-12(16(14)21)10-18-13-6-7-15(19-11-13)20-8-1-2-9-20/h3-7,11,18,21H,1-2,8-10H2. The maximum Gasteiger partial charge on any atom is 0.139 e. The van der Waals surface area contributed by atoms with Crippen LogP contribution in [0.3, 0.4) is 0 Å². The predicted molar refractivity (Wildman–Crippen MR) is 86.1 cm³/mol. The largest absolute Gasteiger partial charge is 0.506 e. The first-order valence-corrected chi connectivity index (χ1v) is 7.53. The van der Waals surface area contributed by atoms with Crippen molar-refractivity contribution in [2.24, 2.45) is 0 Å². The van der Waals surface area contributed by atoms with Gasteiger partial charge in [-0.15, -0.1) is 0 Å². The Labute approximate surface area is 129 Å². The van der Waals surface area contributed by atoms with E-state index in [-0.39, 0.29) is 5.75 Å². The Morgan fingerprint density at radius 2 is 2.00 bits per heavy atom. The molecule has 1 aromatic carbocycles. The summed E-state index contributed by atoms with van der Waals surface area (Å²) in [5.74, 6) is 1.16. The third-order valence-corrected chi connectivity index (χ3v) is 4.04. The van der Waals surface area contributed by atoms with Crippen LogP contribution >= 0.6 is 11.6 Å². The third-order valence-electron chi connectivity index (χ3n) is 3.73. The number of hydrogen-bond acceptors (Lipinski definition) is 4. The van der Waals surface area contributed by atoms with E-state index >= 15 is 0 Å². The van der Waals surface area contributed by atoms with Crippen molar-refractivity contribution in [3.63, 3.8) is 0 Å². The normalized spacial score (nSPS) is 14.4. The first-order chi connectivity index (χ1) is 10.2. The van der Waals surface area contributed by atoms with Crippen LogP contribution < -0.4 is 10.2 Å². The highest BCUT2D eigenvalue weighted by Gasteiger charge is 2.13. The van der Waals surface area contributed by atoms with E-state index in [9.17, 15) is 5.11 Å². The van der Waals surface area contributed by atoms with E-state index in [0.717, 1.165) is 30.2 Å². The SMILES string of the molecule is Oc1c(Cl)cccc1CNc1ccc(N2CCCC2)nc1. The number of phenols is 1. The van der Waals surface area contributed by atoms with Crippen molar-refractivity contribution in [3.05, 3.63) is 47.1 Å². The molecule has 4 nitrogen and oxygen atoms in total. The molecule has 0 amide bonds. The van der Waals surface area contributed by atoms with Gasteiger partial charge in [-0.1, -0.05) is 23.7 Å². The van der Waals surface area contributed by atoms with Gasteiger partial charge < -0.3 is 15.3 Å². The highest BCUT2D eigenvalue weighted by Crippen LogP contribution is 2.27. The lowest BCUT2D eigenvalue weighted by atomic mass is 10.2. The molecule has 0 unspecified atom stereocenters. The number of aromatic nitrogens is 1. The Hall–Kier alpha value is -1.94. The molecule has 1 aliphatic rings. The molecule has 110 valence electrons. The van der Waals surface area contributed by atoms with E-state index in [0.29, 0.717) is 11.6 Å². The molecule has 2 N–H and O–H groups in total. The zero-order valence-electron chi connectivity index (χ0n) is 11.7. The molecule has 1 aliphatic heterocycles. The lowest BCUT2D eigenvalue weighted by molar-refractivity contribution is 0.469. The molecular weight excluding hydrogens is 286 g/mol. The second kappa shape index (κ2) is 6.22. The number of nitrogens with zero attached hydrogens (tertiary/aromatic N) is 2. The summed E-state index contributed by atoms with van der Waals surface area (Å²) in [5.41, 5.74) is 1.70. The number of hydrogen-bond donors (Lipinski definition) is 2. The Balaban J connectivity index is 1.64. The minimum atomic E-state index is 0.133. The lowest BCUT2D eigenvalue weighted by Crippen LogP contribution is -2.18. The number of benzene rings is 1. The molecule has 0 atom stereocenters. The molecule has 21 heavy (non-hydrogen) atoms. The van der Waals surface area contributed by atoms with Crippen molar-refractivity contribution < 1.29 is 5.11 Å². The number of nitrogens with one attached hydrogen (secondary N) is 1. The van der Waals surface area contributed by atoms with E-state index in [1.165, 1.54) is 12.8 Å². The quantitative estimate of drug-likeness (QED) is 0.905. The molecule has 3 rings (SSSR count). The van der Waals surface area contributed by atoms with Crippen molar-refractivity contribution in [2.45, 2.75) is 19.4 Å². The third kappa shape index (κ3) is 3.22.